The first-order valence-electron chi connectivity index (χ1n) is 10.8. The molecule has 0 radical (unpaired) electrons. The number of para-hydroxylation sites is 2. The van der Waals surface area contributed by atoms with E-state index < -0.39 is 0 Å². The zero-order valence-electron chi connectivity index (χ0n) is 17.7. The van der Waals surface area contributed by atoms with Gasteiger partial charge in [-0.25, -0.2) is 0 Å². The van der Waals surface area contributed by atoms with E-state index in [1.807, 2.05) is 18.2 Å². The second kappa shape index (κ2) is 10.9. The first-order chi connectivity index (χ1) is 14.2. The number of methoxy groups -OCH3 is 1. The average Bonchev–Trinajstić information content (AvgIpc) is 3.24. The minimum atomic E-state index is 0.206. The molecule has 7 heteroatoms. The van der Waals surface area contributed by atoms with Gasteiger partial charge in [-0.2, -0.15) is 0 Å². The fraction of sp³-hybridized carbons (Fsp3) is 0.636. The molecule has 1 aromatic carbocycles. The number of carbonyl (C=O) groups is 1. The van der Waals surface area contributed by atoms with Crippen LogP contribution < -0.4 is 25.6 Å². The molecule has 2 fully saturated rings. The van der Waals surface area contributed by atoms with Crippen molar-refractivity contribution in [1.29, 1.82) is 0 Å². The lowest BCUT2D eigenvalue weighted by molar-refractivity contribution is -0.125. The third kappa shape index (κ3) is 6.02. The Morgan fingerprint density at radius 1 is 1.14 bits per heavy atom. The summed E-state index contributed by atoms with van der Waals surface area (Å²) in [6.45, 7) is 3.17. The standard InChI is InChI=1S/C22H35N5O2/c1-23-22(25-14-13-24-21(28)17-8-4-3-5-9-17)26-18-12-15-27(16-18)19-10-6-7-11-20(19)29-2/h6-7,10-11,17-18H,3-5,8-9,12-16H2,1-2H3,(H,24,28)(H2,23,25,26). The Labute approximate surface area is 174 Å². The minimum Gasteiger partial charge on any atom is -0.495 e. The van der Waals surface area contributed by atoms with Gasteiger partial charge in [-0.05, 0) is 31.4 Å². The van der Waals surface area contributed by atoms with Gasteiger partial charge < -0.3 is 25.6 Å². The van der Waals surface area contributed by atoms with Crippen molar-refractivity contribution in [3.63, 3.8) is 0 Å². The molecule has 1 aliphatic heterocycles. The molecule has 1 saturated heterocycles. The van der Waals surface area contributed by atoms with E-state index in [2.05, 4.69) is 31.9 Å². The molecule has 160 valence electrons. The van der Waals surface area contributed by atoms with E-state index in [0.717, 1.165) is 49.7 Å². The van der Waals surface area contributed by atoms with Gasteiger partial charge in [-0.3, -0.25) is 9.79 Å². The Morgan fingerprint density at radius 2 is 1.90 bits per heavy atom. The van der Waals surface area contributed by atoms with Crippen LogP contribution in [0.15, 0.2) is 29.3 Å². The SMILES string of the molecule is CN=C(NCCNC(=O)C1CCCCC1)NC1CCN(c2ccccc2OC)C1. The summed E-state index contributed by atoms with van der Waals surface area (Å²) in [7, 11) is 3.49. The second-order valence-electron chi connectivity index (χ2n) is 7.87. The number of ether oxygens (including phenoxy) is 1. The van der Waals surface area contributed by atoms with Crippen molar-refractivity contribution in [1.82, 2.24) is 16.0 Å². The van der Waals surface area contributed by atoms with Gasteiger partial charge in [-0.15, -0.1) is 0 Å². The summed E-state index contributed by atoms with van der Waals surface area (Å²) in [5, 5.41) is 9.87. The van der Waals surface area contributed by atoms with Gasteiger partial charge in [0.1, 0.15) is 5.75 Å². The van der Waals surface area contributed by atoms with Gasteiger partial charge in [-0.1, -0.05) is 31.4 Å². The van der Waals surface area contributed by atoms with Crippen molar-refractivity contribution in [3.8, 4) is 5.75 Å². The lowest BCUT2D eigenvalue weighted by Gasteiger charge is -2.22. The molecule has 29 heavy (non-hydrogen) atoms. The van der Waals surface area contributed by atoms with Gasteiger partial charge in [0.2, 0.25) is 5.91 Å². The van der Waals surface area contributed by atoms with E-state index >= 15 is 0 Å². The Kier molecular flexibility index (Phi) is 8.02. The predicted molar refractivity (Wildman–Crippen MR) is 118 cm³/mol. The molecule has 0 aromatic heterocycles. The van der Waals surface area contributed by atoms with Crippen LogP contribution in [-0.2, 0) is 4.79 Å². The summed E-state index contributed by atoms with van der Waals surface area (Å²) in [6, 6.07) is 8.46. The van der Waals surface area contributed by atoms with Crippen molar-refractivity contribution in [2.24, 2.45) is 10.9 Å². The molecule has 1 unspecified atom stereocenters. The lowest BCUT2D eigenvalue weighted by Crippen LogP contribution is -2.47. The number of anilines is 1. The monoisotopic (exact) mass is 401 g/mol. The van der Waals surface area contributed by atoms with E-state index in [-0.39, 0.29) is 11.8 Å². The highest BCUT2D eigenvalue weighted by molar-refractivity contribution is 5.80. The number of guanidine groups is 1. The molecule has 1 atom stereocenters. The molecule has 1 aromatic rings. The van der Waals surface area contributed by atoms with Gasteiger partial charge >= 0.3 is 0 Å². The van der Waals surface area contributed by atoms with Crippen molar-refractivity contribution in [2.75, 3.05) is 45.2 Å². The van der Waals surface area contributed by atoms with Gasteiger partial charge in [0, 0.05) is 45.2 Å². The second-order valence-corrected chi connectivity index (χ2v) is 7.87. The molecule has 3 N–H and O–H groups in total. The average molecular weight is 402 g/mol. The molecule has 0 bridgehead atoms. The first kappa shape index (κ1) is 21.3. The summed E-state index contributed by atoms with van der Waals surface area (Å²) in [5.41, 5.74) is 1.13. The zero-order valence-corrected chi connectivity index (χ0v) is 17.7. The largest absolute Gasteiger partial charge is 0.495 e. The number of nitrogens with one attached hydrogen (secondary N) is 3. The van der Waals surface area contributed by atoms with E-state index in [1.54, 1.807) is 14.2 Å². The molecule has 0 spiro atoms. The molecule has 1 aliphatic carbocycles. The highest BCUT2D eigenvalue weighted by Crippen LogP contribution is 2.30. The number of rotatable bonds is 7. The van der Waals surface area contributed by atoms with Crippen molar-refractivity contribution in [2.45, 2.75) is 44.6 Å². The van der Waals surface area contributed by atoms with Gasteiger partial charge in [0.25, 0.3) is 0 Å². The van der Waals surface area contributed by atoms with Crippen LogP contribution in [0.3, 0.4) is 0 Å². The normalized spacial score (nSPS) is 20.4. The maximum atomic E-state index is 12.2. The van der Waals surface area contributed by atoms with Crippen LogP contribution in [0.2, 0.25) is 0 Å². The molecular formula is C22H35N5O2. The molecule has 2 aliphatic rings. The van der Waals surface area contributed by atoms with Crippen LogP contribution in [0.25, 0.3) is 0 Å². The third-order valence-electron chi connectivity index (χ3n) is 5.87. The van der Waals surface area contributed by atoms with E-state index in [1.165, 1.54) is 19.3 Å². The van der Waals surface area contributed by atoms with Crippen molar-refractivity contribution in [3.05, 3.63) is 24.3 Å². The van der Waals surface area contributed by atoms with Crippen LogP contribution in [0.4, 0.5) is 5.69 Å². The number of hydrogen-bond donors (Lipinski definition) is 3. The topological polar surface area (TPSA) is 78.0 Å². The smallest absolute Gasteiger partial charge is 0.223 e. The van der Waals surface area contributed by atoms with Crippen LogP contribution in [0.5, 0.6) is 5.75 Å². The minimum absolute atomic E-state index is 0.206. The summed E-state index contributed by atoms with van der Waals surface area (Å²) < 4.78 is 5.49. The Hall–Kier alpha value is -2.44. The molecule has 1 saturated carbocycles. The van der Waals surface area contributed by atoms with E-state index in [9.17, 15) is 4.79 Å². The van der Waals surface area contributed by atoms with Crippen molar-refractivity contribution >= 4 is 17.6 Å². The van der Waals surface area contributed by atoms with E-state index in [4.69, 9.17) is 4.74 Å². The quantitative estimate of drug-likeness (QED) is 0.371. The summed E-state index contributed by atoms with van der Waals surface area (Å²) in [5.74, 6) is 2.10. The number of carbonyl (C=O) groups excluding carboxylic acids is 1. The van der Waals surface area contributed by atoms with Gasteiger partial charge in [0.15, 0.2) is 5.96 Å². The Bertz CT molecular complexity index is 688. The van der Waals surface area contributed by atoms with Crippen molar-refractivity contribution < 1.29 is 9.53 Å². The third-order valence-corrected chi connectivity index (χ3v) is 5.87. The molecule has 1 amide bonds. The number of nitrogens with zero attached hydrogens (tertiary/aromatic N) is 2. The number of aliphatic imine (C=N–C) groups is 1. The highest BCUT2D eigenvalue weighted by Gasteiger charge is 2.25. The molecule has 7 nitrogen and oxygen atoms in total. The maximum Gasteiger partial charge on any atom is 0.223 e. The fourth-order valence-corrected chi connectivity index (χ4v) is 4.25. The lowest BCUT2D eigenvalue weighted by atomic mass is 9.89. The number of amides is 1. The zero-order chi connectivity index (χ0) is 20.5. The van der Waals surface area contributed by atoms with Gasteiger partial charge in [0.05, 0.1) is 12.8 Å². The first-order valence-corrected chi connectivity index (χ1v) is 10.8. The number of hydrogen-bond acceptors (Lipinski definition) is 4. The van der Waals surface area contributed by atoms with E-state index in [0.29, 0.717) is 19.1 Å². The predicted octanol–water partition coefficient (Wildman–Crippen LogP) is 2.14. The van der Waals surface area contributed by atoms with Crippen LogP contribution in [0, 0.1) is 5.92 Å². The van der Waals surface area contributed by atoms with Crippen LogP contribution >= 0.6 is 0 Å². The number of benzene rings is 1. The van der Waals surface area contributed by atoms with Crippen LogP contribution in [0.1, 0.15) is 38.5 Å². The summed E-state index contributed by atoms with van der Waals surface area (Å²) in [6.07, 6.45) is 6.74. The maximum absolute atomic E-state index is 12.2. The Balaban J connectivity index is 1.38. The fourth-order valence-electron chi connectivity index (χ4n) is 4.25. The highest BCUT2D eigenvalue weighted by atomic mass is 16.5. The molecular weight excluding hydrogens is 366 g/mol. The summed E-state index contributed by atoms with van der Waals surface area (Å²) >= 11 is 0. The van der Waals surface area contributed by atoms with Crippen LogP contribution in [-0.4, -0.2) is 58.2 Å². The molecule has 3 rings (SSSR count). The summed E-state index contributed by atoms with van der Waals surface area (Å²) in [4.78, 5) is 18.9. The Morgan fingerprint density at radius 3 is 2.66 bits per heavy atom. The molecule has 1 heterocycles.